The molecular formula is C9H13BrN4O. The predicted octanol–water partition coefficient (Wildman–Crippen LogP) is 1.15. The van der Waals surface area contributed by atoms with Gasteiger partial charge in [0, 0.05) is 5.33 Å². The second-order valence-electron chi connectivity index (χ2n) is 3.03. The Morgan fingerprint density at radius 1 is 1.60 bits per heavy atom. The lowest BCUT2D eigenvalue weighted by Crippen LogP contribution is -2.48. The number of rotatable bonds is 2. The van der Waals surface area contributed by atoms with Gasteiger partial charge in [-0.25, -0.2) is 21.5 Å². The van der Waals surface area contributed by atoms with Gasteiger partial charge in [0.1, 0.15) is 0 Å². The first kappa shape index (κ1) is 12.0. The van der Waals surface area contributed by atoms with Gasteiger partial charge in [-0.2, -0.15) is 0 Å². The van der Waals surface area contributed by atoms with Crippen molar-refractivity contribution >= 4 is 27.6 Å². The molecule has 2 amide bonds. The third-order valence-electron chi connectivity index (χ3n) is 2.12. The van der Waals surface area contributed by atoms with Crippen molar-refractivity contribution in [3.8, 4) is 0 Å². The summed E-state index contributed by atoms with van der Waals surface area (Å²) < 4.78 is 0. The van der Waals surface area contributed by atoms with Crippen molar-refractivity contribution in [1.82, 2.24) is 5.43 Å². The van der Waals surface area contributed by atoms with Crippen LogP contribution in [-0.4, -0.2) is 6.03 Å². The summed E-state index contributed by atoms with van der Waals surface area (Å²) in [7, 11) is 0. The molecule has 0 aromatic heterocycles. The van der Waals surface area contributed by atoms with Crippen molar-refractivity contribution in [2.24, 2.45) is 11.7 Å². The number of hydrazine groups is 2. The minimum Gasteiger partial charge on any atom is -0.274 e. The van der Waals surface area contributed by atoms with Crippen LogP contribution in [0.4, 0.5) is 10.5 Å². The predicted molar refractivity (Wildman–Crippen MR) is 63.2 cm³/mol. The highest BCUT2D eigenvalue weighted by Gasteiger charge is 2.14. The number of hydrogen-bond acceptors (Lipinski definition) is 3. The Balaban J connectivity index is 3.13. The maximum absolute atomic E-state index is 11.2. The van der Waals surface area contributed by atoms with Gasteiger partial charge < -0.3 is 0 Å². The number of carbonyl (C=O) groups excluding carboxylic acids is 1. The molecule has 0 fully saturated rings. The van der Waals surface area contributed by atoms with Gasteiger partial charge in [-0.15, -0.1) is 0 Å². The number of hydrogen-bond donors (Lipinski definition) is 3. The molecule has 0 aliphatic heterocycles. The van der Waals surface area contributed by atoms with E-state index in [2.05, 4.69) is 15.9 Å². The van der Waals surface area contributed by atoms with E-state index in [0.717, 1.165) is 16.1 Å². The fraction of sp³-hybridized carbons (Fsp3) is 0.222. The zero-order valence-electron chi connectivity index (χ0n) is 8.33. The smallest absolute Gasteiger partial charge is 0.274 e. The summed E-state index contributed by atoms with van der Waals surface area (Å²) in [4.78, 5) is 11.2. The number of nitrogens with two attached hydrogens (primary N) is 2. The second-order valence-corrected chi connectivity index (χ2v) is 3.59. The van der Waals surface area contributed by atoms with Crippen molar-refractivity contribution in [3.05, 3.63) is 29.3 Å². The molecule has 82 valence electrons. The third-order valence-corrected chi connectivity index (χ3v) is 2.68. The van der Waals surface area contributed by atoms with E-state index in [1.807, 2.05) is 24.5 Å². The van der Waals surface area contributed by atoms with Gasteiger partial charge in [0.25, 0.3) is 0 Å². The lowest BCUT2D eigenvalue weighted by molar-refractivity contribution is 0.246. The molecule has 1 rings (SSSR count). The van der Waals surface area contributed by atoms with Crippen LogP contribution in [0.1, 0.15) is 11.1 Å². The lowest BCUT2D eigenvalue weighted by Gasteiger charge is -2.19. The van der Waals surface area contributed by atoms with Crippen LogP contribution in [0.5, 0.6) is 0 Å². The molecule has 0 heterocycles. The molecular weight excluding hydrogens is 260 g/mol. The minimum atomic E-state index is -0.553. The van der Waals surface area contributed by atoms with Gasteiger partial charge >= 0.3 is 6.03 Å². The van der Waals surface area contributed by atoms with E-state index in [-0.39, 0.29) is 0 Å². The van der Waals surface area contributed by atoms with E-state index >= 15 is 0 Å². The van der Waals surface area contributed by atoms with Gasteiger partial charge in [0.05, 0.1) is 5.69 Å². The van der Waals surface area contributed by atoms with Crippen molar-refractivity contribution in [2.45, 2.75) is 12.3 Å². The van der Waals surface area contributed by atoms with E-state index in [0.29, 0.717) is 11.0 Å². The van der Waals surface area contributed by atoms with E-state index in [4.69, 9.17) is 11.7 Å². The maximum Gasteiger partial charge on any atom is 0.350 e. The van der Waals surface area contributed by atoms with Crippen molar-refractivity contribution < 1.29 is 4.79 Å². The number of urea groups is 1. The molecule has 0 saturated carbocycles. The number of carbonyl (C=O) groups is 1. The standard InChI is InChI=1S/C9H13BrN4O/c1-6-3-2-4-8(7(6)5-10)14(12)9(15)13-11/h2-4H,5,11-12H2,1H3,(H,13,15). The highest BCUT2D eigenvalue weighted by atomic mass is 79.9. The van der Waals surface area contributed by atoms with E-state index in [9.17, 15) is 4.79 Å². The zero-order valence-corrected chi connectivity index (χ0v) is 9.91. The van der Waals surface area contributed by atoms with E-state index < -0.39 is 6.03 Å². The summed E-state index contributed by atoms with van der Waals surface area (Å²) in [5, 5.41) is 1.62. The van der Waals surface area contributed by atoms with Gasteiger partial charge in [0.2, 0.25) is 0 Å². The fourth-order valence-electron chi connectivity index (χ4n) is 1.27. The zero-order chi connectivity index (χ0) is 11.4. The number of halogens is 1. The molecule has 0 saturated heterocycles. The van der Waals surface area contributed by atoms with Crippen LogP contribution in [0, 0.1) is 6.92 Å². The van der Waals surface area contributed by atoms with Crippen LogP contribution in [0.3, 0.4) is 0 Å². The Kier molecular flexibility index (Phi) is 4.07. The Bertz CT molecular complexity index is 369. The SMILES string of the molecule is Cc1cccc(N(N)C(=O)NN)c1CBr. The quantitative estimate of drug-likeness (QED) is 0.327. The number of nitrogens with zero attached hydrogens (tertiary/aromatic N) is 1. The number of anilines is 1. The van der Waals surface area contributed by atoms with Gasteiger partial charge in [0.15, 0.2) is 0 Å². The third kappa shape index (κ3) is 2.47. The highest BCUT2D eigenvalue weighted by Crippen LogP contribution is 2.24. The molecule has 1 aromatic rings. The van der Waals surface area contributed by atoms with Crippen LogP contribution >= 0.6 is 15.9 Å². The van der Waals surface area contributed by atoms with Crippen molar-refractivity contribution in [1.29, 1.82) is 0 Å². The molecule has 5 N–H and O–H groups in total. The van der Waals surface area contributed by atoms with Crippen molar-refractivity contribution in [3.63, 3.8) is 0 Å². The number of benzene rings is 1. The first-order valence-corrected chi connectivity index (χ1v) is 5.43. The summed E-state index contributed by atoms with van der Waals surface area (Å²) in [5.74, 6) is 10.6. The number of nitrogens with one attached hydrogen (secondary N) is 1. The first-order valence-electron chi connectivity index (χ1n) is 4.31. The van der Waals surface area contributed by atoms with Crippen LogP contribution in [0.15, 0.2) is 18.2 Å². The fourth-order valence-corrected chi connectivity index (χ4v) is 1.99. The van der Waals surface area contributed by atoms with E-state index in [1.54, 1.807) is 6.07 Å². The monoisotopic (exact) mass is 272 g/mol. The number of alkyl halides is 1. The Hall–Kier alpha value is -1.11. The number of amides is 2. The summed E-state index contributed by atoms with van der Waals surface area (Å²) >= 11 is 3.35. The van der Waals surface area contributed by atoms with Gasteiger partial charge in [-0.05, 0) is 24.1 Å². The van der Waals surface area contributed by atoms with E-state index in [1.165, 1.54) is 0 Å². The first-order chi connectivity index (χ1) is 7.11. The molecule has 15 heavy (non-hydrogen) atoms. The Morgan fingerprint density at radius 3 is 2.80 bits per heavy atom. The average molecular weight is 273 g/mol. The number of aryl methyl sites for hydroxylation is 1. The molecule has 0 aliphatic rings. The Labute approximate surface area is 96.5 Å². The molecule has 5 nitrogen and oxygen atoms in total. The van der Waals surface area contributed by atoms with Crippen LogP contribution in [0.25, 0.3) is 0 Å². The lowest BCUT2D eigenvalue weighted by atomic mass is 10.1. The minimum absolute atomic E-state index is 0.553. The molecule has 6 heteroatoms. The maximum atomic E-state index is 11.2. The highest BCUT2D eigenvalue weighted by molar-refractivity contribution is 9.08. The summed E-state index contributed by atoms with van der Waals surface area (Å²) in [6.07, 6.45) is 0. The summed E-state index contributed by atoms with van der Waals surface area (Å²) in [5.41, 5.74) is 4.64. The molecule has 0 radical (unpaired) electrons. The van der Waals surface area contributed by atoms with Gasteiger partial charge in [-0.1, -0.05) is 28.1 Å². The summed E-state index contributed by atoms with van der Waals surface area (Å²) in [6.45, 7) is 1.95. The van der Waals surface area contributed by atoms with Gasteiger partial charge in [-0.3, -0.25) is 5.43 Å². The van der Waals surface area contributed by atoms with Crippen LogP contribution in [0.2, 0.25) is 0 Å². The molecule has 0 atom stereocenters. The normalized spacial score (nSPS) is 9.87. The van der Waals surface area contributed by atoms with Crippen LogP contribution in [-0.2, 0) is 5.33 Å². The molecule has 0 bridgehead atoms. The molecule has 0 aliphatic carbocycles. The van der Waals surface area contributed by atoms with Crippen molar-refractivity contribution in [2.75, 3.05) is 5.01 Å². The molecule has 1 aromatic carbocycles. The summed E-state index contributed by atoms with van der Waals surface area (Å²) in [6, 6.07) is 5.00. The van der Waals surface area contributed by atoms with Crippen LogP contribution < -0.4 is 22.1 Å². The Morgan fingerprint density at radius 2 is 2.27 bits per heavy atom. The average Bonchev–Trinajstić information content (AvgIpc) is 2.26. The second kappa shape index (κ2) is 5.11. The molecule has 0 spiro atoms. The topological polar surface area (TPSA) is 84.4 Å². The largest absolute Gasteiger partial charge is 0.350 e. The molecule has 0 unspecified atom stereocenters.